The quantitative estimate of drug-likeness (QED) is 0.747. The van der Waals surface area contributed by atoms with Gasteiger partial charge in [0.25, 0.3) is 0 Å². The van der Waals surface area contributed by atoms with Gasteiger partial charge in [-0.05, 0) is 17.7 Å². The number of aromatic nitrogens is 1. The molecule has 1 heterocycles. The first-order valence-corrected chi connectivity index (χ1v) is 7.95. The first kappa shape index (κ1) is 13.5. The van der Waals surface area contributed by atoms with E-state index in [-0.39, 0.29) is 0 Å². The lowest BCUT2D eigenvalue weighted by Gasteiger charge is -2.03. The van der Waals surface area contributed by atoms with E-state index in [1.165, 1.54) is 0 Å². The fourth-order valence-electron chi connectivity index (χ4n) is 2.06. The zero-order chi connectivity index (χ0) is 13.9. The molecule has 0 fully saturated rings. The minimum absolute atomic E-state index is 0.531. The van der Waals surface area contributed by atoms with Crippen molar-refractivity contribution in [1.29, 1.82) is 0 Å². The van der Waals surface area contributed by atoms with Crippen LogP contribution >= 0.6 is 27.3 Å². The lowest BCUT2D eigenvalue weighted by atomic mass is 10.1. The SMILES string of the molecule is NCc1ccccc1-c1nc(-c2ccc(Br)cc2)cs1. The van der Waals surface area contributed by atoms with E-state index in [4.69, 9.17) is 10.7 Å². The molecule has 1 aromatic heterocycles. The predicted molar refractivity (Wildman–Crippen MR) is 88.6 cm³/mol. The van der Waals surface area contributed by atoms with Gasteiger partial charge in [0.1, 0.15) is 5.01 Å². The Hall–Kier alpha value is -1.49. The Labute approximate surface area is 130 Å². The van der Waals surface area contributed by atoms with Gasteiger partial charge in [-0.15, -0.1) is 11.3 Å². The van der Waals surface area contributed by atoms with Crippen LogP contribution in [0.25, 0.3) is 21.8 Å². The van der Waals surface area contributed by atoms with Crippen LogP contribution in [0.4, 0.5) is 0 Å². The number of halogens is 1. The molecule has 2 nitrogen and oxygen atoms in total. The molecule has 0 unspecified atom stereocenters. The van der Waals surface area contributed by atoms with Gasteiger partial charge < -0.3 is 5.73 Å². The van der Waals surface area contributed by atoms with Crippen LogP contribution in [0.3, 0.4) is 0 Å². The second-order valence-corrected chi connectivity index (χ2v) is 6.18. The van der Waals surface area contributed by atoms with Crippen LogP contribution in [0, 0.1) is 0 Å². The summed E-state index contributed by atoms with van der Waals surface area (Å²) in [6.45, 7) is 0.531. The average molecular weight is 345 g/mol. The number of rotatable bonds is 3. The Morgan fingerprint density at radius 2 is 1.80 bits per heavy atom. The summed E-state index contributed by atoms with van der Waals surface area (Å²) in [5.74, 6) is 0. The van der Waals surface area contributed by atoms with Gasteiger partial charge in [-0.3, -0.25) is 0 Å². The number of nitrogens with zero attached hydrogens (tertiary/aromatic N) is 1. The van der Waals surface area contributed by atoms with Crippen molar-refractivity contribution in [1.82, 2.24) is 4.98 Å². The highest BCUT2D eigenvalue weighted by molar-refractivity contribution is 9.10. The van der Waals surface area contributed by atoms with Crippen LogP contribution in [0.15, 0.2) is 58.4 Å². The van der Waals surface area contributed by atoms with Gasteiger partial charge >= 0.3 is 0 Å². The molecule has 0 saturated heterocycles. The second kappa shape index (κ2) is 5.87. The number of thiazole rings is 1. The summed E-state index contributed by atoms with van der Waals surface area (Å²) in [6, 6.07) is 16.4. The number of nitrogens with two attached hydrogens (primary N) is 1. The smallest absolute Gasteiger partial charge is 0.124 e. The molecule has 0 saturated carbocycles. The van der Waals surface area contributed by atoms with E-state index in [1.807, 2.05) is 24.3 Å². The van der Waals surface area contributed by atoms with Crippen LogP contribution in [-0.2, 0) is 6.54 Å². The fourth-order valence-corrected chi connectivity index (χ4v) is 3.21. The number of hydrogen-bond donors (Lipinski definition) is 1. The minimum Gasteiger partial charge on any atom is -0.326 e. The Morgan fingerprint density at radius 3 is 2.55 bits per heavy atom. The largest absolute Gasteiger partial charge is 0.326 e. The van der Waals surface area contributed by atoms with Crippen molar-refractivity contribution in [3.8, 4) is 21.8 Å². The fraction of sp³-hybridized carbons (Fsp3) is 0.0625. The van der Waals surface area contributed by atoms with Gasteiger partial charge in [-0.25, -0.2) is 4.98 Å². The highest BCUT2D eigenvalue weighted by Crippen LogP contribution is 2.31. The average Bonchev–Trinajstić information content (AvgIpc) is 2.97. The molecule has 3 rings (SSSR count). The molecule has 4 heteroatoms. The molecular weight excluding hydrogens is 332 g/mol. The molecule has 0 atom stereocenters. The maximum absolute atomic E-state index is 5.79. The number of benzene rings is 2. The zero-order valence-corrected chi connectivity index (χ0v) is 13.1. The van der Waals surface area contributed by atoms with E-state index >= 15 is 0 Å². The summed E-state index contributed by atoms with van der Waals surface area (Å²) in [7, 11) is 0. The van der Waals surface area contributed by atoms with Gasteiger partial charge in [0, 0.05) is 27.5 Å². The van der Waals surface area contributed by atoms with Crippen molar-refractivity contribution in [3.05, 3.63) is 63.9 Å². The summed E-state index contributed by atoms with van der Waals surface area (Å²) in [6.07, 6.45) is 0. The molecule has 0 radical (unpaired) electrons. The molecule has 0 amide bonds. The third-order valence-electron chi connectivity index (χ3n) is 3.11. The molecule has 0 aliphatic carbocycles. The second-order valence-electron chi connectivity index (χ2n) is 4.41. The van der Waals surface area contributed by atoms with Crippen molar-refractivity contribution in [2.45, 2.75) is 6.54 Å². The van der Waals surface area contributed by atoms with E-state index < -0.39 is 0 Å². The summed E-state index contributed by atoms with van der Waals surface area (Å²) in [5, 5.41) is 3.11. The van der Waals surface area contributed by atoms with Crippen molar-refractivity contribution in [3.63, 3.8) is 0 Å². The van der Waals surface area contributed by atoms with Crippen molar-refractivity contribution < 1.29 is 0 Å². The maximum atomic E-state index is 5.79. The maximum Gasteiger partial charge on any atom is 0.124 e. The van der Waals surface area contributed by atoms with E-state index in [0.29, 0.717) is 6.54 Å². The van der Waals surface area contributed by atoms with Crippen LogP contribution in [0.1, 0.15) is 5.56 Å². The van der Waals surface area contributed by atoms with E-state index in [9.17, 15) is 0 Å². The lowest BCUT2D eigenvalue weighted by molar-refractivity contribution is 1.07. The van der Waals surface area contributed by atoms with E-state index in [1.54, 1.807) is 11.3 Å². The van der Waals surface area contributed by atoms with E-state index in [0.717, 1.165) is 31.9 Å². The molecule has 3 aromatic rings. The third-order valence-corrected chi connectivity index (χ3v) is 4.52. The highest BCUT2D eigenvalue weighted by Gasteiger charge is 2.09. The third kappa shape index (κ3) is 2.68. The molecule has 20 heavy (non-hydrogen) atoms. The summed E-state index contributed by atoms with van der Waals surface area (Å²) >= 11 is 5.10. The molecule has 0 bridgehead atoms. The van der Waals surface area contributed by atoms with Gasteiger partial charge in [0.15, 0.2) is 0 Å². The first-order chi connectivity index (χ1) is 9.78. The molecule has 2 N–H and O–H groups in total. The Balaban J connectivity index is 2.00. The molecule has 0 aliphatic rings. The monoisotopic (exact) mass is 344 g/mol. The Bertz CT molecular complexity index is 719. The Morgan fingerprint density at radius 1 is 1.05 bits per heavy atom. The van der Waals surface area contributed by atoms with Gasteiger partial charge in [-0.2, -0.15) is 0 Å². The van der Waals surface area contributed by atoms with Gasteiger partial charge in [0.2, 0.25) is 0 Å². The Kier molecular flexibility index (Phi) is 3.96. The summed E-state index contributed by atoms with van der Waals surface area (Å²) in [5.41, 5.74) is 10.2. The van der Waals surface area contributed by atoms with Crippen molar-refractivity contribution >= 4 is 27.3 Å². The number of hydrogen-bond acceptors (Lipinski definition) is 3. The lowest BCUT2D eigenvalue weighted by Crippen LogP contribution is -1.98. The van der Waals surface area contributed by atoms with E-state index in [2.05, 4.69) is 45.6 Å². The standard InChI is InChI=1S/C16H13BrN2S/c17-13-7-5-11(6-8-13)15-10-20-16(19-15)14-4-2-1-3-12(14)9-18/h1-8,10H,9,18H2. The highest BCUT2D eigenvalue weighted by atomic mass is 79.9. The molecule has 0 spiro atoms. The first-order valence-electron chi connectivity index (χ1n) is 6.28. The van der Waals surface area contributed by atoms with Crippen LogP contribution in [0.5, 0.6) is 0 Å². The van der Waals surface area contributed by atoms with Crippen molar-refractivity contribution in [2.24, 2.45) is 5.73 Å². The summed E-state index contributed by atoms with van der Waals surface area (Å²) < 4.78 is 1.07. The minimum atomic E-state index is 0.531. The molecular formula is C16H13BrN2S. The summed E-state index contributed by atoms with van der Waals surface area (Å²) in [4.78, 5) is 4.74. The molecule has 0 aliphatic heterocycles. The van der Waals surface area contributed by atoms with Crippen LogP contribution in [0.2, 0.25) is 0 Å². The predicted octanol–water partition coefficient (Wildman–Crippen LogP) is 4.70. The van der Waals surface area contributed by atoms with Gasteiger partial charge in [-0.1, -0.05) is 52.3 Å². The molecule has 2 aromatic carbocycles. The van der Waals surface area contributed by atoms with Crippen LogP contribution in [-0.4, -0.2) is 4.98 Å². The molecule has 100 valence electrons. The van der Waals surface area contributed by atoms with Crippen LogP contribution < -0.4 is 5.73 Å². The van der Waals surface area contributed by atoms with Crippen molar-refractivity contribution in [2.75, 3.05) is 0 Å². The normalized spacial score (nSPS) is 10.7. The zero-order valence-electron chi connectivity index (χ0n) is 10.7. The topological polar surface area (TPSA) is 38.9 Å². The van der Waals surface area contributed by atoms with Gasteiger partial charge in [0.05, 0.1) is 5.69 Å².